The van der Waals surface area contributed by atoms with E-state index in [4.69, 9.17) is 4.74 Å². The summed E-state index contributed by atoms with van der Waals surface area (Å²) in [6.07, 6.45) is 3.03. The van der Waals surface area contributed by atoms with Crippen molar-refractivity contribution in [2.45, 2.75) is 25.0 Å². The van der Waals surface area contributed by atoms with E-state index in [0.29, 0.717) is 12.1 Å². The first kappa shape index (κ1) is 7.03. The first-order valence-corrected chi connectivity index (χ1v) is 3.45. The molecule has 0 aromatic carbocycles. The van der Waals surface area contributed by atoms with E-state index in [1.54, 1.807) is 7.11 Å². The third-order valence-electron chi connectivity index (χ3n) is 2.14. The van der Waals surface area contributed by atoms with Crippen LogP contribution in [0.1, 0.15) is 12.8 Å². The molecule has 0 unspecified atom stereocenters. The van der Waals surface area contributed by atoms with E-state index in [2.05, 4.69) is 19.0 Å². The predicted octanol–water partition coefficient (Wildman–Crippen LogP) is 0.725. The third-order valence-corrected chi connectivity index (χ3v) is 2.14. The highest BCUT2D eigenvalue weighted by Gasteiger charge is 2.31. The maximum Gasteiger partial charge on any atom is 0.0726 e. The van der Waals surface area contributed by atoms with Crippen molar-refractivity contribution in [3.63, 3.8) is 0 Å². The molecule has 2 nitrogen and oxygen atoms in total. The predicted molar refractivity (Wildman–Crippen MR) is 37.5 cm³/mol. The average molecular weight is 129 g/mol. The first-order chi connectivity index (χ1) is 4.25. The Hall–Kier alpha value is -0.0800. The summed E-state index contributed by atoms with van der Waals surface area (Å²) in [5.41, 5.74) is 0. The van der Waals surface area contributed by atoms with Crippen molar-refractivity contribution in [1.29, 1.82) is 0 Å². The lowest BCUT2D eigenvalue weighted by molar-refractivity contribution is -0.0320. The Balaban J connectivity index is 2.27. The van der Waals surface area contributed by atoms with Gasteiger partial charge in [0.25, 0.3) is 0 Å². The number of hydrogen-bond donors (Lipinski definition) is 0. The molecule has 0 spiro atoms. The molecule has 0 aromatic heterocycles. The molecule has 1 aliphatic carbocycles. The molecule has 2 atom stereocenters. The van der Waals surface area contributed by atoms with Gasteiger partial charge < -0.3 is 9.64 Å². The minimum Gasteiger partial charge on any atom is -0.380 e. The van der Waals surface area contributed by atoms with E-state index in [1.807, 2.05) is 0 Å². The van der Waals surface area contributed by atoms with E-state index >= 15 is 0 Å². The topological polar surface area (TPSA) is 12.5 Å². The van der Waals surface area contributed by atoms with Gasteiger partial charge in [-0.25, -0.2) is 0 Å². The van der Waals surface area contributed by atoms with Gasteiger partial charge in [-0.2, -0.15) is 0 Å². The molecule has 2 heteroatoms. The van der Waals surface area contributed by atoms with Crippen LogP contribution in [-0.2, 0) is 4.74 Å². The first-order valence-electron chi connectivity index (χ1n) is 3.45. The Morgan fingerprint density at radius 2 is 2.00 bits per heavy atom. The van der Waals surface area contributed by atoms with Gasteiger partial charge in [-0.3, -0.25) is 0 Å². The molecule has 0 amide bonds. The molecular formula is C7H15NO. The molecule has 0 aliphatic heterocycles. The zero-order valence-corrected chi connectivity index (χ0v) is 6.42. The van der Waals surface area contributed by atoms with Crippen LogP contribution in [0.4, 0.5) is 0 Å². The van der Waals surface area contributed by atoms with Gasteiger partial charge in [-0.15, -0.1) is 0 Å². The summed E-state index contributed by atoms with van der Waals surface area (Å²) in [7, 11) is 6.01. The van der Waals surface area contributed by atoms with Crippen molar-refractivity contribution >= 4 is 0 Å². The van der Waals surface area contributed by atoms with Crippen molar-refractivity contribution < 1.29 is 4.74 Å². The SMILES string of the molecule is CO[C@@H]1CC[C@H]1N(C)C. The molecule has 0 N–H and O–H groups in total. The highest BCUT2D eigenvalue weighted by Crippen LogP contribution is 2.25. The molecular weight excluding hydrogens is 114 g/mol. The molecule has 1 fully saturated rings. The zero-order valence-electron chi connectivity index (χ0n) is 6.42. The second-order valence-electron chi connectivity index (χ2n) is 2.88. The van der Waals surface area contributed by atoms with Crippen LogP contribution >= 0.6 is 0 Å². The maximum atomic E-state index is 5.22. The van der Waals surface area contributed by atoms with Crippen LogP contribution in [0.2, 0.25) is 0 Å². The summed E-state index contributed by atoms with van der Waals surface area (Å²) in [5.74, 6) is 0. The Morgan fingerprint density at radius 1 is 1.33 bits per heavy atom. The lowest BCUT2D eigenvalue weighted by atomic mass is 9.88. The van der Waals surface area contributed by atoms with Crippen molar-refractivity contribution in [2.75, 3.05) is 21.2 Å². The fourth-order valence-electron chi connectivity index (χ4n) is 1.32. The minimum atomic E-state index is 0.500. The number of likely N-dealkylation sites (N-methyl/N-ethyl adjacent to an activating group) is 1. The fraction of sp³-hybridized carbons (Fsp3) is 1.00. The number of hydrogen-bond acceptors (Lipinski definition) is 2. The normalized spacial score (nSPS) is 34.7. The van der Waals surface area contributed by atoms with E-state index in [-0.39, 0.29) is 0 Å². The largest absolute Gasteiger partial charge is 0.380 e. The lowest BCUT2D eigenvalue weighted by Crippen LogP contribution is -2.47. The molecule has 1 aliphatic rings. The van der Waals surface area contributed by atoms with Crippen molar-refractivity contribution in [3.05, 3.63) is 0 Å². The van der Waals surface area contributed by atoms with E-state index < -0.39 is 0 Å². The van der Waals surface area contributed by atoms with Gasteiger partial charge in [0.15, 0.2) is 0 Å². The Kier molecular flexibility index (Phi) is 2.09. The summed E-state index contributed by atoms with van der Waals surface area (Å²) < 4.78 is 5.22. The van der Waals surface area contributed by atoms with Crippen molar-refractivity contribution in [1.82, 2.24) is 4.90 Å². The molecule has 0 bridgehead atoms. The van der Waals surface area contributed by atoms with E-state index in [0.717, 1.165) is 0 Å². The van der Waals surface area contributed by atoms with Gasteiger partial charge in [0, 0.05) is 13.2 Å². The molecule has 0 aromatic rings. The number of methoxy groups -OCH3 is 1. The molecule has 1 rings (SSSR count). The summed E-state index contributed by atoms with van der Waals surface area (Å²) in [6, 6.07) is 0.676. The van der Waals surface area contributed by atoms with Gasteiger partial charge in [0.1, 0.15) is 0 Å². The Bertz CT molecular complexity index is 90.9. The van der Waals surface area contributed by atoms with Gasteiger partial charge in [0.05, 0.1) is 6.10 Å². The monoisotopic (exact) mass is 129 g/mol. The average Bonchev–Trinajstić information content (AvgIpc) is 1.61. The van der Waals surface area contributed by atoms with Crippen LogP contribution in [0.5, 0.6) is 0 Å². The molecule has 54 valence electrons. The second kappa shape index (κ2) is 2.67. The van der Waals surface area contributed by atoms with Gasteiger partial charge >= 0.3 is 0 Å². The fourth-order valence-corrected chi connectivity index (χ4v) is 1.32. The molecule has 1 saturated carbocycles. The van der Waals surface area contributed by atoms with Crippen LogP contribution < -0.4 is 0 Å². The number of ether oxygens (including phenoxy) is 1. The van der Waals surface area contributed by atoms with Crippen LogP contribution in [0.15, 0.2) is 0 Å². The highest BCUT2D eigenvalue weighted by atomic mass is 16.5. The third kappa shape index (κ3) is 1.25. The molecule has 0 heterocycles. The number of rotatable bonds is 2. The lowest BCUT2D eigenvalue weighted by Gasteiger charge is -2.39. The molecule has 0 radical (unpaired) electrons. The van der Waals surface area contributed by atoms with Crippen LogP contribution in [0.3, 0.4) is 0 Å². The van der Waals surface area contributed by atoms with Crippen LogP contribution in [-0.4, -0.2) is 38.3 Å². The smallest absolute Gasteiger partial charge is 0.0726 e. The quantitative estimate of drug-likeness (QED) is 0.545. The Labute approximate surface area is 56.8 Å². The van der Waals surface area contributed by atoms with Crippen LogP contribution in [0, 0.1) is 0 Å². The van der Waals surface area contributed by atoms with E-state index in [9.17, 15) is 0 Å². The number of nitrogens with zero attached hydrogens (tertiary/aromatic N) is 1. The summed E-state index contributed by atoms with van der Waals surface area (Å²) in [4.78, 5) is 2.23. The standard InChI is InChI=1S/C7H15NO/c1-8(2)6-4-5-7(6)9-3/h6-7H,4-5H2,1-3H3/t6-,7-/m1/s1. The zero-order chi connectivity index (χ0) is 6.85. The van der Waals surface area contributed by atoms with Gasteiger partial charge in [0.2, 0.25) is 0 Å². The van der Waals surface area contributed by atoms with Crippen molar-refractivity contribution in [3.8, 4) is 0 Å². The summed E-state index contributed by atoms with van der Waals surface area (Å²) in [6.45, 7) is 0. The van der Waals surface area contributed by atoms with Gasteiger partial charge in [-0.05, 0) is 26.9 Å². The van der Waals surface area contributed by atoms with Gasteiger partial charge in [-0.1, -0.05) is 0 Å². The highest BCUT2D eigenvalue weighted by molar-refractivity contribution is 4.87. The summed E-state index contributed by atoms with van der Waals surface area (Å²) in [5, 5.41) is 0. The summed E-state index contributed by atoms with van der Waals surface area (Å²) >= 11 is 0. The Morgan fingerprint density at radius 3 is 2.11 bits per heavy atom. The maximum absolute atomic E-state index is 5.22. The molecule has 0 saturated heterocycles. The van der Waals surface area contributed by atoms with E-state index in [1.165, 1.54) is 12.8 Å². The molecule has 9 heavy (non-hydrogen) atoms. The second-order valence-corrected chi connectivity index (χ2v) is 2.88. The van der Waals surface area contributed by atoms with Crippen molar-refractivity contribution in [2.24, 2.45) is 0 Å². The van der Waals surface area contributed by atoms with Crippen LogP contribution in [0.25, 0.3) is 0 Å². The minimum absolute atomic E-state index is 0.500.